The lowest BCUT2D eigenvalue weighted by Gasteiger charge is -2.31. The summed E-state index contributed by atoms with van der Waals surface area (Å²) in [7, 11) is -3.41. The van der Waals surface area contributed by atoms with Crippen LogP contribution in [0.1, 0.15) is 44.4 Å². The minimum Gasteiger partial charge on any atom is -0.440 e. The van der Waals surface area contributed by atoms with Gasteiger partial charge in [0.15, 0.2) is 11.5 Å². The fourth-order valence-electron chi connectivity index (χ4n) is 3.80. The van der Waals surface area contributed by atoms with Crippen molar-refractivity contribution in [2.75, 3.05) is 25.4 Å². The highest BCUT2D eigenvalue weighted by atomic mass is 32.2. The SMILES string of the molecule is CCOC(CS(=O)(=O)N1CCCC(c2nc3ccc(F)cc3o2)C1)C1CC1. The molecule has 27 heavy (non-hydrogen) atoms. The van der Waals surface area contributed by atoms with Crippen molar-refractivity contribution in [3.8, 4) is 0 Å². The van der Waals surface area contributed by atoms with Crippen LogP contribution in [0.3, 0.4) is 0 Å². The van der Waals surface area contributed by atoms with Gasteiger partial charge in [-0.1, -0.05) is 0 Å². The van der Waals surface area contributed by atoms with Crippen molar-refractivity contribution in [2.24, 2.45) is 5.92 Å². The van der Waals surface area contributed by atoms with E-state index in [-0.39, 0.29) is 23.6 Å². The second-order valence-corrected chi connectivity index (χ2v) is 9.48. The van der Waals surface area contributed by atoms with Crippen molar-refractivity contribution in [2.45, 2.75) is 44.6 Å². The van der Waals surface area contributed by atoms with E-state index in [1.54, 1.807) is 10.4 Å². The lowest BCUT2D eigenvalue weighted by molar-refractivity contribution is 0.0621. The smallest absolute Gasteiger partial charge is 0.216 e. The molecule has 2 aliphatic rings. The average molecular weight is 396 g/mol. The Kier molecular flexibility index (Phi) is 5.22. The summed E-state index contributed by atoms with van der Waals surface area (Å²) >= 11 is 0. The molecule has 2 atom stereocenters. The molecule has 0 spiro atoms. The van der Waals surface area contributed by atoms with Crippen molar-refractivity contribution >= 4 is 21.1 Å². The number of piperidine rings is 1. The van der Waals surface area contributed by atoms with E-state index >= 15 is 0 Å². The van der Waals surface area contributed by atoms with E-state index in [9.17, 15) is 12.8 Å². The second-order valence-electron chi connectivity index (χ2n) is 7.47. The van der Waals surface area contributed by atoms with Gasteiger partial charge in [0.2, 0.25) is 10.0 Å². The molecule has 8 heteroatoms. The van der Waals surface area contributed by atoms with Gasteiger partial charge in [0.25, 0.3) is 0 Å². The Bertz CT molecular complexity index is 910. The summed E-state index contributed by atoms with van der Waals surface area (Å²) in [6.07, 6.45) is 3.43. The van der Waals surface area contributed by atoms with Crippen LogP contribution < -0.4 is 0 Å². The third-order valence-corrected chi connectivity index (χ3v) is 7.27. The first kappa shape index (κ1) is 18.8. The van der Waals surface area contributed by atoms with Gasteiger partial charge >= 0.3 is 0 Å². The number of sulfonamides is 1. The van der Waals surface area contributed by atoms with Gasteiger partial charge in [-0.25, -0.2) is 22.1 Å². The Hall–Kier alpha value is -1.51. The molecule has 1 saturated heterocycles. The molecule has 0 radical (unpaired) electrons. The van der Waals surface area contributed by atoms with Crippen molar-refractivity contribution in [1.82, 2.24) is 9.29 Å². The molecule has 1 aliphatic heterocycles. The van der Waals surface area contributed by atoms with Crippen molar-refractivity contribution in [3.63, 3.8) is 0 Å². The minimum atomic E-state index is -3.41. The standard InChI is InChI=1S/C19H25FN2O4S/c1-2-25-18(13-5-6-13)12-27(23,24)22-9-3-4-14(11-22)19-21-16-8-7-15(20)10-17(16)26-19/h7-8,10,13-14,18H,2-6,9,11-12H2,1H3. The molecule has 148 valence electrons. The quantitative estimate of drug-likeness (QED) is 0.718. The lowest BCUT2D eigenvalue weighted by atomic mass is 10.00. The van der Waals surface area contributed by atoms with Gasteiger partial charge in [-0.2, -0.15) is 0 Å². The zero-order valence-electron chi connectivity index (χ0n) is 15.4. The van der Waals surface area contributed by atoms with Crippen LogP contribution in [-0.4, -0.2) is 49.3 Å². The van der Waals surface area contributed by atoms with Crippen molar-refractivity contribution < 1.29 is 22.0 Å². The van der Waals surface area contributed by atoms with Crippen molar-refractivity contribution in [3.05, 3.63) is 29.9 Å². The summed E-state index contributed by atoms with van der Waals surface area (Å²) in [5, 5.41) is 0. The van der Waals surface area contributed by atoms with Crippen LogP contribution in [0, 0.1) is 11.7 Å². The Labute approximate surface area is 158 Å². The first-order valence-electron chi connectivity index (χ1n) is 9.61. The maximum atomic E-state index is 13.4. The van der Waals surface area contributed by atoms with Crippen LogP contribution in [0.2, 0.25) is 0 Å². The number of benzene rings is 1. The first-order chi connectivity index (χ1) is 13.0. The molecule has 1 aromatic heterocycles. The second kappa shape index (κ2) is 7.48. The molecule has 1 aliphatic carbocycles. The number of oxazole rings is 1. The van der Waals surface area contributed by atoms with Crippen LogP contribution in [0.25, 0.3) is 11.1 Å². The number of nitrogens with zero attached hydrogens (tertiary/aromatic N) is 2. The van der Waals surface area contributed by atoms with E-state index in [0.717, 1.165) is 25.7 Å². The molecular weight excluding hydrogens is 371 g/mol. The van der Waals surface area contributed by atoms with E-state index < -0.39 is 10.0 Å². The topological polar surface area (TPSA) is 72.6 Å². The summed E-state index contributed by atoms with van der Waals surface area (Å²) in [6.45, 7) is 3.28. The van der Waals surface area contributed by atoms with Gasteiger partial charge < -0.3 is 9.15 Å². The van der Waals surface area contributed by atoms with Gasteiger partial charge in [0.05, 0.1) is 11.9 Å². The van der Waals surface area contributed by atoms with E-state index in [2.05, 4.69) is 4.98 Å². The summed E-state index contributed by atoms with van der Waals surface area (Å²) in [6, 6.07) is 4.24. The molecule has 2 unspecified atom stereocenters. The van der Waals surface area contributed by atoms with Crippen LogP contribution in [0.15, 0.2) is 22.6 Å². The molecule has 2 aromatic rings. The van der Waals surface area contributed by atoms with Crippen LogP contribution in [0.4, 0.5) is 4.39 Å². The Morgan fingerprint density at radius 3 is 2.93 bits per heavy atom. The molecule has 0 N–H and O–H groups in total. The van der Waals surface area contributed by atoms with Crippen molar-refractivity contribution in [1.29, 1.82) is 0 Å². The molecule has 1 saturated carbocycles. The van der Waals surface area contributed by atoms with E-state index in [1.165, 1.54) is 12.1 Å². The molecular formula is C19H25FN2O4S. The molecule has 0 bridgehead atoms. The predicted octanol–water partition coefficient (Wildman–Crippen LogP) is 3.29. The first-order valence-corrected chi connectivity index (χ1v) is 11.2. The number of hydrogen-bond donors (Lipinski definition) is 0. The highest BCUT2D eigenvalue weighted by molar-refractivity contribution is 7.89. The average Bonchev–Trinajstić information content (AvgIpc) is 3.41. The largest absolute Gasteiger partial charge is 0.440 e. The molecule has 2 fully saturated rings. The van der Waals surface area contributed by atoms with Crippen LogP contribution in [0.5, 0.6) is 0 Å². The van der Waals surface area contributed by atoms with Gasteiger partial charge in [0.1, 0.15) is 11.3 Å². The van der Waals surface area contributed by atoms with Crippen LogP contribution in [-0.2, 0) is 14.8 Å². The van der Waals surface area contributed by atoms with E-state index in [1.807, 2.05) is 6.92 Å². The number of hydrogen-bond acceptors (Lipinski definition) is 5. The van der Waals surface area contributed by atoms with Gasteiger partial charge in [-0.15, -0.1) is 0 Å². The molecule has 1 aromatic carbocycles. The zero-order chi connectivity index (χ0) is 19.0. The van der Waals surface area contributed by atoms with Gasteiger partial charge in [-0.3, -0.25) is 0 Å². The molecule has 2 heterocycles. The summed E-state index contributed by atoms with van der Waals surface area (Å²) in [5.74, 6) is 0.402. The fourth-order valence-corrected chi connectivity index (χ4v) is 5.61. The number of halogens is 1. The maximum absolute atomic E-state index is 13.4. The van der Waals surface area contributed by atoms with Crippen LogP contribution >= 0.6 is 0 Å². The number of rotatable bonds is 7. The summed E-state index contributed by atoms with van der Waals surface area (Å²) < 4.78 is 52.2. The number of ether oxygens (including phenoxy) is 1. The Morgan fingerprint density at radius 2 is 2.19 bits per heavy atom. The maximum Gasteiger partial charge on any atom is 0.216 e. The molecule has 6 nitrogen and oxygen atoms in total. The van der Waals surface area contributed by atoms with E-state index in [0.29, 0.717) is 42.6 Å². The monoisotopic (exact) mass is 396 g/mol. The Morgan fingerprint density at radius 1 is 1.37 bits per heavy atom. The summed E-state index contributed by atoms with van der Waals surface area (Å²) in [4.78, 5) is 4.44. The fraction of sp³-hybridized carbons (Fsp3) is 0.632. The highest BCUT2D eigenvalue weighted by Crippen LogP contribution is 2.36. The van der Waals surface area contributed by atoms with Gasteiger partial charge in [0, 0.05) is 31.7 Å². The lowest BCUT2D eigenvalue weighted by Crippen LogP contribution is -2.43. The summed E-state index contributed by atoms with van der Waals surface area (Å²) in [5.41, 5.74) is 0.992. The highest BCUT2D eigenvalue weighted by Gasteiger charge is 2.39. The molecule has 0 amide bonds. The normalized spacial score (nSPS) is 23.0. The van der Waals surface area contributed by atoms with E-state index in [4.69, 9.17) is 9.15 Å². The molecule has 4 rings (SSSR count). The number of fused-ring (bicyclic) bond motifs is 1. The minimum absolute atomic E-state index is 0.0387. The predicted molar refractivity (Wildman–Crippen MR) is 99.4 cm³/mol. The Balaban J connectivity index is 1.49. The zero-order valence-corrected chi connectivity index (χ0v) is 16.3. The van der Waals surface area contributed by atoms with Gasteiger partial charge in [-0.05, 0) is 50.7 Å². The number of aromatic nitrogens is 1. The third-order valence-electron chi connectivity index (χ3n) is 5.40. The third kappa shape index (κ3) is 4.17.